The molecule has 5 nitrogen and oxygen atoms in total. The number of hydrogen-bond acceptors (Lipinski definition) is 4. The lowest BCUT2D eigenvalue weighted by molar-refractivity contribution is -0.128. The number of hydrogen-bond donors (Lipinski definition) is 1. The molecule has 0 bridgehead atoms. The van der Waals surface area contributed by atoms with Crippen molar-refractivity contribution in [2.45, 2.75) is 39.4 Å². The van der Waals surface area contributed by atoms with Crippen molar-refractivity contribution in [2.75, 3.05) is 20.3 Å². The first-order valence-corrected chi connectivity index (χ1v) is 10.1. The number of amides is 1. The molecule has 29 heavy (non-hydrogen) atoms. The molecule has 1 fully saturated rings. The third kappa shape index (κ3) is 5.84. The summed E-state index contributed by atoms with van der Waals surface area (Å²) >= 11 is 0. The SMILES string of the molecule is C=C(C)COc1cc(CNCc2ccccc2CN2CCCC2=O)ccc1OC. The topological polar surface area (TPSA) is 50.8 Å². The maximum absolute atomic E-state index is 12.0. The van der Waals surface area contributed by atoms with E-state index in [4.69, 9.17) is 9.47 Å². The fourth-order valence-corrected chi connectivity index (χ4v) is 3.45. The minimum Gasteiger partial charge on any atom is -0.493 e. The standard InChI is InChI=1S/C24H30N2O3/c1-18(2)17-29-23-13-19(10-11-22(23)28-3)14-25-15-20-7-4-5-8-21(20)16-26-12-6-9-24(26)27/h4-5,7-8,10-11,13,25H,1,6,9,12,14-17H2,2-3H3. The first kappa shape index (κ1) is 20.9. The monoisotopic (exact) mass is 394 g/mol. The Bertz CT molecular complexity index is 863. The van der Waals surface area contributed by atoms with Crippen molar-refractivity contribution in [1.82, 2.24) is 10.2 Å². The molecule has 1 saturated heterocycles. The second kappa shape index (κ2) is 10.1. The first-order valence-electron chi connectivity index (χ1n) is 10.1. The normalized spacial score (nSPS) is 13.6. The number of carbonyl (C=O) groups is 1. The summed E-state index contributed by atoms with van der Waals surface area (Å²) in [4.78, 5) is 13.9. The van der Waals surface area contributed by atoms with Crippen LogP contribution in [-0.4, -0.2) is 31.1 Å². The summed E-state index contributed by atoms with van der Waals surface area (Å²) in [6, 6.07) is 14.3. The van der Waals surface area contributed by atoms with Gasteiger partial charge >= 0.3 is 0 Å². The van der Waals surface area contributed by atoms with E-state index in [1.807, 2.05) is 42.2 Å². The smallest absolute Gasteiger partial charge is 0.222 e. The van der Waals surface area contributed by atoms with Crippen molar-refractivity contribution in [2.24, 2.45) is 0 Å². The van der Waals surface area contributed by atoms with Crippen LogP contribution in [0.25, 0.3) is 0 Å². The predicted molar refractivity (Wildman–Crippen MR) is 115 cm³/mol. The summed E-state index contributed by atoms with van der Waals surface area (Å²) in [6.07, 6.45) is 1.64. The van der Waals surface area contributed by atoms with E-state index in [1.165, 1.54) is 11.1 Å². The molecular weight excluding hydrogens is 364 g/mol. The third-order valence-corrected chi connectivity index (χ3v) is 5.00. The molecule has 5 heteroatoms. The number of likely N-dealkylation sites (tertiary alicyclic amines) is 1. The molecule has 3 rings (SSSR count). The highest BCUT2D eigenvalue weighted by molar-refractivity contribution is 5.78. The van der Waals surface area contributed by atoms with Crippen molar-refractivity contribution in [1.29, 1.82) is 0 Å². The molecule has 2 aromatic carbocycles. The molecule has 1 aliphatic heterocycles. The molecule has 2 aromatic rings. The summed E-state index contributed by atoms with van der Waals surface area (Å²) in [6.45, 7) is 9.29. The van der Waals surface area contributed by atoms with E-state index in [2.05, 4.69) is 24.0 Å². The van der Waals surface area contributed by atoms with Gasteiger partial charge in [0.2, 0.25) is 5.91 Å². The average molecular weight is 395 g/mol. The fraction of sp³-hybridized carbons (Fsp3) is 0.375. The lowest BCUT2D eigenvalue weighted by Crippen LogP contribution is -2.25. The molecule has 1 aliphatic rings. The van der Waals surface area contributed by atoms with Gasteiger partial charge in [0.25, 0.3) is 0 Å². The molecule has 0 atom stereocenters. The van der Waals surface area contributed by atoms with Crippen LogP contribution in [0, 0.1) is 0 Å². The molecule has 1 amide bonds. The quantitative estimate of drug-likeness (QED) is 0.618. The second-order valence-corrected chi connectivity index (χ2v) is 7.52. The largest absolute Gasteiger partial charge is 0.493 e. The zero-order chi connectivity index (χ0) is 20.6. The molecule has 0 aromatic heterocycles. The van der Waals surface area contributed by atoms with Gasteiger partial charge in [-0.15, -0.1) is 0 Å². The van der Waals surface area contributed by atoms with E-state index in [0.29, 0.717) is 26.1 Å². The van der Waals surface area contributed by atoms with Crippen molar-refractivity contribution < 1.29 is 14.3 Å². The molecule has 1 heterocycles. The molecule has 0 saturated carbocycles. The van der Waals surface area contributed by atoms with E-state index < -0.39 is 0 Å². The highest BCUT2D eigenvalue weighted by Crippen LogP contribution is 2.28. The average Bonchev–Trinajstić information content (AvgIpc) is 3.12. The van der Waals surface area contributed by atoms with Gasteiger partial charge in [0.1, 0.15) is 6.61 Å². The molecule has 0 aliphatic carbocycles. The molecule has 154 valence electrons. The highest BCUT2D eigenvalue weighted by Gasteiger charge is 2.20. The molecule has 1 N–H and O–H groups in total. The maximum atomic E-state index is 12.0. The predicted octanol–water partition coefficient (Wildman–Crippen LogP) is 4.06. The van der Waals surface area contributed by atoms with Gasteiger partial charge in [-0.1, -0.05) is 36.9 Å². The van der Waals surface area contributed by atoms with Gasteiger partial charge in [0.05, 0.1) is 7.11 Å². The maximum Gasteiger partial charge on any atom is 0.222 e. The number of carbonyl (C=O) groups excluding carboxylic acids is 1. The molecular formula is C24H30N2O3. The van der Waals surface area contributed by atoms with E-state index in [1.54, 1.807) is 7.11 Å². The van der Waals surface area contributed by atoms with E-state index in [0.717, 1.165) is 42.1 Å². The van der Waals surface area contributed by atoms with Crippen LogP contribution < -0.4 is 14.8 Å². The number of benzene rings is 2. The van der Waals surface area contributed by atoms with Gasteiger partial charge in [-0.2, -0.15) is 0 Å². The minimum absolute atomic E-state index is 0.258. The third-order valence-electron chi connectivity index (χ3n) is 5.00. The van der Waals surface area contributed by atoms with Crippen molar-refractivity contribution >= 4 is 5.91 Å². The zero-order valence-electron chi connectivity index (χ0n) is 17.4. The van der Waals surface area contributed by atoms with Gasteiger partial charge in [-0.25, -0.2) is 0 Å². The molecule has 0 radical (unpaired) electrons. The van der Waals surface area contributed by atoms with Crippen molar-refractivity contribution in [3.63, 3.8) is 0 Å². The lowest BCUT2D eigenvalue weighted by atomic mass is 10.1. The van der Waals surface area contributed by atoms with Crippen molar-refractivity contribution in [3.8, 4) is 11.5 Å². The first-order chi connectivity index (χ1) is 14.1. The Morgan fingerprint density at radius 3 is 2.62 bits per heavy atom. The summed E-state index contributed by atoms with van der Waals surface area (Å²) in [7, 11) is 1.64. The second-order valence-electron chi connectivity index (χ2n) is 7.52. The van der Waals surface area contributed by atoms with Crippen LogP contribution in [0.15, 0.2) is 54.6 Å². The number of nitrogens with one attached hydrogen (secondary N) is 1. The zero-order valence-corrected chi connectivity index (χ0v) is 17.4. The number of ether oxygens (including phenoxy) is 2. The van der Waals surface area contributed by atoms with Crippen LogP contribution in [0.2, 0.25) is 0 Å². The van der Waals surface area contributed by atoms with Crippen LogP contribution in [0.3, 0.4) is 0 Å². The summed E-state index contributed by atoms with van der Waals surface area (Å²) in [5.74, 6) is 1.70. The van der Waals surface area contributed by atoms with E-state index in [-0.39, 0.29) is 5.91 Å². The fourth-order valence-electron chi connectivity index (χ4n) is 3.45. The van der Waals surface area contributed by atoms with Gasteiger partial charge in [0, 0.05) is 32.6 Å². The van der Waals surface area contributed by atoms with Crippen LogP contribution >= 0.6 is 0 Å². The number of rotatable bonds is 10. The van der Waals surface area contributed by atoms with Gasteiger partial charge in [0.15, 0.2) is 11.5 Å². The Morgan fingerprint density at radius 1 is 1.14 bits per heavy atom. The number of nitrogens with zero attached hydrogens (tertiary/aromatic N) is 1. The van der Waals surface area contributed by atoms with Gasteiger partial charge in [-0.3, -0.25) is 4.79 Å². The van der Waals surface area contributed by atoms with Gasteiger partial charge < -0.3 is 19.7 Å². The van der Waals surface area contributed by atoms with Crippen LogP contribution in [-0.2, 0) is 24.4 Å². The molecule has 0 spiro atoms. The summed E-state index contributed by atoms with van der Waals surface area (Å²) < 4.78 is 11.2. The summed E-state index contributed by atoms with van der Waals surface area (Å²) in [5, 5.41) is 3.51. The Kier molecular flexibility index (Phi) is 7.30. The van der Waals surface area contributed by atoms with E-state index in [9.17, 15) is 4.79 Å². The Balaban J connectivity index is 1.60. The van der Waals surface area contributed by atoms with Crippen LogP contribution in [0.5, 0.6) is 11.5 Å². The van der Waals surface area contributed by atoms with Gasteiger partial charge in [-0.05, 0) is 47.7 Å². The Hall–Kier alpha value is -2.79. The Morgan fingerprint density at radius 2 is 1.93 bits per heavy atom. The van der Waals surface area contributed by atoms with Crippen molar-refractivity contribution in [3.05, 3.63) is 71.3 Å². The highest BCUT2D eigenvalue weighted by atomic mass is 16.5. The summed E-state index contributed by atoms with van der Waals surface area (Å²) in [5.41, 5.74) is 4.51. The van der Waals surface area contributed by atoms with Crippen LogP contribution in [0.4, 0.5) is 0 Å². The molecule has 0 unspecified atom stereocenters. The lowest BCUT2D eigenvalue weighted by Gasteiger charge is -2.18. The Labute approximate surface area is 173 Å². The van der Waals surface area contributed by atoms with E-state index >= 15 is 0 Å². The minimum atomic E-state index is 0.258. The number of methoxy groups -OCH3 is 1. The van der Waals surface area contributed by atoms with Crippen LogP contribution in [0.1, 0.15) is 36.5 Å².